The Hall–Kier alpha value is -3.47. The quantitative estimate of drug-likeness (QED) is 0.219. The Morgan fingerprint density at radius 1 is 1.08 bits per heavy atom. The number of likely N-dealkylation sites (tertiary alicyclic amines) is 1. The highest BCUT2D eigenvalue weighted by Gasteiger charge is 2.52. The number of piperidine rings is 1. The summed E-state index contributed by atoms with van der Waals surface area (Å²) in [5.41, 5.74) is -0.450. The number of rotatable bonds is 12. The van der Waals surface area contributed by atoms with Gasteiger partial charge in [0.1, 0.15) is 22.8 Å². The number of urea groups is 1. The SMILES string of the molecule is COc1ccc(Oc2ccccc2)cc1C(=O)CCCCN1CCC2(CC1)NC(=O)N(C[C@H](O)CO)C2=O. The fraction of sp³-hybridized carbons (Fsp3) is 0.464. The van der Waals surface area contributed by atoms with E-state index < -0.39 is 24.3 Å². The standard InChI is InChI=1S/C28H35N3O7/c1-37-25-11-10-22(38-21-7-3-2-4-8-21)17-23(25)24(34)9-5-6-14-30-15-12-28(13-16-30)26(35)31(27(36)29-28)18-20(33)19-32/h2-4,7-8,10-11,17,20,32-33H,5-6,9,12-16,18-19H2,1H3,(H,29,36)/t20-/m0/s1. The second-order valence-electron chi connectivity index (χ2n) is 9.76. The molecule has 4 rings (SSSR count). The summed E-state index contributed by atoms with van der Waals surface area (Å²) in [5, 5.41) is 21.5. The molecule has 0 bridgehead atoms. The van der Waals surface area contributed by atoms with Crippen LogP contribution in [0.25, 0.3) is 0 Å². The summed E-state index contributed by atoms with van der Waals surface area (Å²) in [5.74, 6) is 1.42. The van der Waals surface area contributed by atoms with E-state index in [2.05, 4.69) is 10.2 Å². The number of amides is 3. The molecule has 3 amide bonds. The minimum absolute atomic E-state index is 0.0117. The van der Waals surface area contributed by atoms with Crippen LogP contribution in [0.2, 0.25) is 0 Å². The van der Waals surface area contributed by atoms with Crippen molar-refractivity contribution in [3.8, 4) is 17.2 Å². The molecule has 3 N–H and O–H groups in total. The molecule has 38 heavy (non-hydrogen) atoms. The average Bonchev–Trinajstić information content (AvgIpc) is 3.16. The number of ketones is 1. The van der Waals surface area contributed by atoms with Crippen LogP contribution in [0, 0.1) is 0 Å². The summed E-state index contributed by atoms with van der Waals surface area (Å²) in [6.45, 7) is 1.34. The zero-order valence-electron chi connectivity index (χ0n) is 21.6. The van der Waals surface area contributed by atoms with Crippen LogP contribution in [-0.4, -0.2) is 89.3 Å². The Kier molecular flexibility index (Phi) is 8.98. The van der Waals surface area contributed by atoms with Gasteiger partial charge >= 0.3 is 6.03 Å². The molecule has 2 heterocycles. The molecule has 204 valence electrons. The fourth-order valence-electron chi connectivity index (χ4n) is 4.96. The Morgan fingerprint density at radius 2 is 1.82 bits per heavy atom. The summed E-state index contributed by atoms with van der Waals surface area (Å²) >= 11 is 0. The summed E-state index contributed by atoms with van der Waals surface area (Å²) < 4.78 is 11.3. The number of aliphatic hydroxyl groups excluding tert-OH is 2. The average molecular weight is 526 g/mol. The lowest BCUT2D eigenvalue weighted by Gasteiger charge is -2.37. The molecule has 1 spiro atoms. The minimum Gasteiger partial charge on any atom is -0.496 e. The third-order valence-corrected chi connectivity index (χ3v) is 7.14. The first-order chi connectivity index (χ1) is 18.3. The molecule has 2 saturated heterocycles. The van der Waals surface area contributed by atoms with Crippen molar-refractivity contribution in [2.75, 3.05) is 39.9 Å². The normalized spacial score (nSPS) is 17.9. The predicted octanol–water partition coefficient (Wildman–Crippen LogP) is 2.58. The summed E-state index contributed by atoms with van der Waals surface area (Å²) in [6.07, 6.45) is 1.70. The smallest absolute Gasteiger partial charge is 0.325 e. The lowest BCUT2D eigenvalue weighted by Crippen LogP contribution is -2.55. The van der Waals surface area contributed by atoms with E-state index in [-0.39, 0.29) is 18.2 Å². The molecule has 0 aliphatic carbocycles. The molecule has 10 nitrogen and oxygen atoms in total. The number of para-hydroxylation sites is 1. The Labute approximate surface area is 222 Å². The van der Waals surface area contributed by atoms with E-state index >= 15 is 0 Å². The van der Waals surface area contributed by atoms with Crippen molar-refractivity contribution in [3.05, 3.63) is 54.1 Å². The lowest BCUT2D eigenvalue weighted by atomic mass is 9.87. The van der Waals surface area contributed by atoms with Gasteiger partial charge < -0.3 is 29.9 Å². The van der Waals surface area contributed by atoms with E-state index in [1.807, 2.05) is 30.3 Å². The number of ether oxygens (including phenoxy) is 2. The number of carbonyl (C=O) groups is 3. The fourth-order valence-corrected chi connectivity index (χ4v) is 4.96. The monoisotopic (exact) mass is 525 g/mol. The van der Waals surface area contributed by atoms with Crippen molar-refractivity contribution in [1.29, 1.82) is 0 Å². The highest BCUT2D eigenvalue weighted by atomic mass is 16.5. The maximum absolute atomic E-state index is 13.0. The molecule has 2 aromatic carbocycles. The number of Topliss-reactive ketones (excluding diaryl/α,β-unsaturated/α-hetero) is 1. The maximum atomic E-state index is 13.0. The van der Waals surface area contributed by atoms with E-state index in [0.29, 0.717) is 61.6 Å². The molecule has 0 radical (unpaired) electrons. The lowest BCUT2D eigenvalue weighted by molar-refractivity contribution is -0.134. The van der Waals surface area contributed by atoms with Crippen molar-refractivity contribution in [3.63, 3.8) is 0 Å². The van der Waals surface area contributed by atoms with Gasteiger partial charge in [0.2, 0.25) is 0 Å². The van der Waals surface area contributed by atoms with Gasteiger partial charge in [-0.1, -0.05) is 18.2 Å². The first-order valence-electron chi connectivity index (χ1n) is 12.9. The van der Waals surface area contributed by atoms with Crippen LogP contribution in [0.15, 0.2) is 48.5 Å². The predicted molar refractivity (Wildman–Crippen MR) is 139 cm³/mol. The van der Waals surface area contributed by atoms with Crippen molar-refractivity contribution >= 4 is 17.7 Å². The van der Waals surface area contributed by atoms with Gasteiger partial charge in [-0.2, -0.15) is 0 Å². The molecule has 0 saturated carbocycles. The summed E-state index contributed by atoms with van der Waals surface area (Å²) in [4.78, 5) is 41.4. The van der Waals surface area contributed by atoms with Gasteiger partial charge in [0.25, 0.3) is 5.91 Å². The third kappa shape index (κ3) is 6.32. The highest BCUT2D eigenvalue weighted by Crippen LogP contribution is 2.31. The molecule has 2 aliphatic rings. The summed E-state index contributed by atoms with van der Waals surface area (Å²) in [7, 11) is 1.54. The van der Waals surface area contributed by atoms with Gasteiger partial charge in [-0.05, 0) is 62.6 Å². The molecule has 2 aliphatic heterocycles. The van der Waals surface area contributed by atoms with E-state index in [1.54, 1.807) is 25.3 Å². The van der Waals surface area contributed by atoms with Crippen molar-refractivity contribution in [1.82, 2.24) is 15.1 Å². The number of nitrogens with zero attached hydrogens (tertiary/aromatic N) is 2. The van der Waals surface area contributed by atoms with E-state index in [1.165, 1.54) is 0 Å². The molecule has 0 aromatic heterocycles. The van der Waals surface area contributed by atoms with Crippen molar-refractivity contribution in [2.45, 2.75) is 43.7 Å². The van der Waals surface area contributed by atoms with Crippen LogP contribution in [0.1, 0.15) is 42.5 Å². The number of imide groups is 1. The molecule has 1 atom stereocenters. The molecule has 10 heteroatoms. The number of hydrogen-bond donors (Lipinski definition) is 3. The second-order valence-corrected chi connectivity index (χ2v) is 9.76. The molecule has 0 unspecified atom stereocenters. The van der Waals surface area contributed by atoms with Gasteiger partial charge in [0, 0.05) is 19.5 Å². The number of hydrogen-bond acceptors (Lipinski definition) is 8. The van der Waals surface area contributed by atoms with Gasteiger partial charge in [-0.25, -0.2) is 4.79 Å². The zero-order chi connectivity index (χ0) is 27.1. The van der Waals surface area contributed by atoms with E-state index in [4.69, 9.17) is 14.6 Å². The molecule has 2 fully saturated rings. The van der Waals surface area contributed by atoms with E-state index in [9.17, 15) is 19.5 Å². The maximum Gasteiger partial charge on any atom is 0.325 e. The zero-order valence-corrected chi connectivity index (χ0v) is 21.6. The Bertz CT molecular complexity index is 1130. The van der Waals surface area contributed by atoms with Crippen LogP contribution >= 0.6 is 0 Å². The molecular weight excluding hydrogens is 490 g/mol. The number of methoxy groups -OCH3 is 1. The number of unbranched alkanes of at least 4 members (excludes halogenated alkanes) is 1. The number of β-amino-alcohol motifs (C(OH)–C–C–N with tert-alkyl or cyclic N) is 1. The van der Waals surface area contributed by atoms with E-state index in [0.717, 1.165) is 17.9 Å². The molecule has 2 aromatic rings. The van der Waals surface area contributed by atoms with Crippen molar-refractivity contribution in [2.24, 2.45) is 0 Å². The van der Waals surface area contributed by atoms with Crippen LogP contribution in [-0.2, 0) is 4.79 Å². The Morgan fingerprint density at radius 3 is 2.50 bits per heavy atom. The summed E-state index contributed by atoms with van der Waals surface area (Å²) in [6, 6.07) is 14.1. The van der Waals surface area contributed by atoms with Gasteiger partial charge in [0.05, 0.1) is 31.9 Å². The number of benzene rings is 2. The number of nitrogens with one attached hydrogen (secondary N) is 1. The molecular formula is C28H35N3O7. The van der Waals surface area contributed by atoms with Crippen LogP contribution in [0.5, 0.6) is 17.2 Å². The van der Waals surface area contributed by atoms with Gasteiger partial charge in [-0.15, -0.1) is 0 Å². The third-order valence-electron chi connectivity index (χ3n) is 7.14. The van der Waals surface area contributed by atoms with Crippen LogP contribution < -0.4 is 14.8 Å². The van der Waals surface area contributed by atoms with Crippen LogP contribution in [0.3, 0.4) is 0 Å². The van der Waals surface area contributed by atoms with Gasteiger partial charge in [-0.3, -0.25) is 14.5 Å². The highest BCUT2D eigenvalue weighted by molar-refractivity contribution is 6.07. The minimum atomic E-state index is -1.15. The second kappa shape index (κ2) is 12.4. The Balaban J connectivity index is 1.24. The number of aliphatic hydroxyl groups is 2. The van der Waals surface area contributed by atoms with Crippen LogP contribution in [0.4, 0.5) is 4.79 Å². The van der Waals surface area contributed by atoms with Crippen molar-refractivity contribution < 1.29 is 34.1 Å². The first-order valence-corrected chi connectivity index (χ1v) is 12.9. The van der Waals surface area contributed by atoms with Gasteiger partial charge in [0.15, 0.2) is 5.78 Å². The topological polar surface area (TPSA) is 129 Å². The number of carbonyl (C=O) groups excluding carboxylic acids is 3. The first kappa shape index (κ1) is 27.6. The largest absolute Gasteiger partial charge is 0.496 e.